The Morgan fingerprint density at radius 2 is 0.838 bits per heavy atom. The Morgan fingerprint density at radius 1 is 0.529 bits per heavy atom. The minimum absolute atomic E-state index is 0. The van der Waals surface area contributed by atoms with Crippen LogP contribution >= 0.6 is 15.9 Å². The van der Waals surface area contributed by atoms with E-state index in [0.717, 1.165) is 28.2 Å². The third-order valence-electron chi connectivity index (χ3n) is 6.54. The molecule has 1 rings (SSSR count). The van der Waals surface area contributed by atoms with E-state index in [4.69, 9.17) is 47.6 Å². The number of alkyl halides is 1. The Kier molecular flexibility index (Phi) is 44.6. The molecular formula is C45H83Br2LiN2O17S. The second kappa shape index (κ2) is 40.5. The summed E-state index contributed by atoms with van der Waals surface area (Å²) in [5.41, 5.74) is -1.72. The number of rotatable bonds is 21. The van der Waals surface area contributed by atoms with Crippen molar-refractivity contribution in [1.82, 2.24) is 9.80 Å². The molecule has 0 unspecified atom stereocenters. The van der Waals surface area contributed by atoms with Crippen LogP contribution in [0.3, 0.4) is 0 Å². The molecule has 0 spiro atoms. The van der Waals surface area contributed by atoms with Gasteiger partial charge in [-0.1, -0.05) is 47.5 Å². The van der Waals surface area contributed by atoms with E-state index in [0.29, 0.717) is 45.0 Å². The first-order valence-corrected chi connectivity index (χ1v) is 24.4. The van der Waals surface area contributed by atoms with E-state index in [-0.39, 0.29) is 86.9 Å². The van der Waals surface area contributed by atoms with Gasteiger partial charge >= 0.3 is 43.2 Å². The van der Waals surface area contributed by atoms with Crippen molar-refractivity contribution in [3.63, 3.8) is 0 Å². The fraction of sp³-hybridized carbons (Fsp3) is 0.778. The van der Waals surface area contributed by atoms with Crippen LogP contribution in [0.5, 0.6) is 0 Å². The van der Waals surface area contributed by atoms with Crippen molar-refractivity contribution in [2.45, 2.75) is 144 Å². The van der Waals surface area contributed by atoms with Crippen LogP contribution in [0.4, 0.5) is 19.2 Å². The van der Waals surface area contributed by atoms with Gasteiger partial charge in [-0.3, -0.25) is 4.18 Å². The van der Waals surface area contributed by atoms with Crippen LogP contribution < -0.4 is 35.8 Å². The maximum Gasteiger partial charge on any atom is 1.00 e. The molecule has 0 radical (unpaired) electrons. The van der Waals surface area contributed by atoms with Gasteiger partial charge in [0.15, 0.2) is 0 Å². The normalized spacial score (nSPS) is 11.3. The summed E-state index contributed by atoms with van der Waals surface area (Å²) in [5, 5.41) is 16.9. The average molecular weight is 1120 g/mol. The maximum atomic E-state index is 12.1. The van der Waals surface area contributed by atoms with Gasteiger partial charge in [0.2, 0.25) is 0 Å². The smallest absolute Gasteiger partial charge is 1.00 e. The second-order valence-corrected chi connectivity index (χ2v) is 20.3. The number of ether oxygens (including phenoxy) is 8. The first-order chi connectivity index (χ1) is 30.4. The van der Waals surface area contributed by atoms with Crippen molar-refractivity contribution in [2.75, 3.05) is 91.1 Å². The Bertz CT molecular complexity index is 1440. The summed E-state index contributed by atoms with van der Waals surface area (Å²) in [6.07, 6.45) is -1.14. The number of aliphatic hydroxyl groups is 2. The van der Waals surface area contributed by atoms with E-state index in [9.17, 15) is 27.6 Å². The molecule has 0 aliphatic rings. The van der Waals surface area contributed by atoms with Gasteiger partial charge in [0, 0.05) is 18.5 Å². The van der Waals surface area contributed by atoms with Crippen molar-refractivity contribution >= 4 is 50.4 Å². The van der Waals surface area contributed by atoms with Crippen molar-refractivity contribution in [1.29, 1.82) is 0 Å². The van der Waals surface area contributed by atoms with E-state index in [1.165, 1.54) is 12.1 Å². The summed E-state index contributed by atoms with van der Waals surface area (Å²) in [7, 11) is -3.64. The van der Waals surface area contributed by atoms with Gasteiger partial charge in [0.25, 0.3) is 10.1 Å². The molecule has 396 valence electrons. The fourth-order valence-electron chi connectivity index (χ4n) is 3.95. The topological polar surface area (TPSA) is 232 Å². The van der Waals surface area contributed by atoms with Gasteiger partial charge < -0.3 is 65.1 Å². The summed E-state index contributed by atoms with van der Waals surface area (Å²) < 4.78 is 69.5. The van der Waals surface area contributed by atoms with Crippen LogP contribution in [0.1, 0.15) is 115 Å². The number of amides is 4. The molecule has 4 amide bonds. The van der Waals surface area contributed by atoms with Crippen molar-refractivity contribution in [2.24, 2.45) is 0 Å². The molecule has 0 aromatic heterocycles. The monoisotopic (exact) mass is 1120 g/mol. The number of imide groups is 2. The standard InChI is InChI=1S/C15H29NO5.C14H26BrNO5.C12H18O4S.C4H10O3.BrH.Li/c1-8-10-19-11-9-16(12(17)20-14(2,3)4)13(18)21-15(5,6)7;1-13(2,3)20-11(17)16(8-10-19-9-7-15)12(18)21-14(4,5)6;1-3-8-15-9-10-16-17(13,14)12-6-4-11(2)5-7-12;5-1-3-7-4-2-6;;/h8-11H2,1-7H3;7-10H2,1-6H3;4-7H,3,8-10H2,1-2H3;5-6H,1-4H2;1H;/q;;;;;+1/p-1. The Morgan fingerprint density at radius 3 is 1.13 bits per heavy atom. The first-order valence-electron chi connectivity index (χ1n) is 21.9. The zero-order valence-electron chi connectivity index (χ0n) is 43.7. The number of halogens is 2. The maximum absolute atomic E-state index is 12.1. The molecule has 68 heavy (non-hydrogen) atoms. The molecule has 0 fully saturated rings. The number of hydrogen-bond acceptors (Lipinski definition) is 17. The summed E-state index contributed by atoms with van der Waals surface area (Å²) in [4.78, 5) is 50.4. The van der Waals surface area contributed by atoms with Crippen LogP contribution in [-0.4, -0.2) is 166 Å². The third kappa shape index (κ3) is 46.3. The van der Waals surface area contributed by atoms with Crippen LogP contribution in [0.15, 0.2) is 29.2 Å². The molecule has 0 saturated heterocycles. The van der Waals surface area contributed by atoms with Gasteiger partial charge in [-0.2, -0.15) is 8.42 Å². The second-order valence-electron chi connectivity index (χ2n) is 17.9. The van der Waals surface area contributed by atoms with Crippen molar-refractivity contribution in [3.05, 3.63) is 29.8 Å². The van der Waals surface area contributed by atoms with Crippen molar-refractivity contribution in [3.8, 4) is 0 Å². The quantitative estimate of drug-likeness (QED) is 0.0591. The molecular weight excluding hydrogens is 1040 g/mol. The fourth-order valence-corrected chi connectivity index (χ4v) is 5.07. The summed E-state index contributed by atoms with van der Waals surface area (Å²) >= 11 is 3.23. The Balaban J connectivity index is -0.000000269. The van der Waals surface area contributed by atoms with E-state index >= 15 is 0 Å². The zero-order valence-corrected chi connectivity index (χ0v) is 47.7. The van der Waals surface area contributed by atoms with Crippen molar-refractivity contribution < 1.29 is 116 Å². The van der Waals surface area contributed by atoms with Crippen LogP contribution in [-0.2, 0) is 52.2 Å². The molecule has 0 aliphatic heterocycles. The van der Waals surface area contributed by atoms with Gasteiger partial charge in [0.05, 0.1) is 77.4 Å². The number of benzene rings is 1. The largest absolute Gasteiger partial charge is 1.00 e. The molecule has 0 aliphatic carbocycles. The van der Waals surface area contributed by atoms with Crippen LogP contribution in [0.25, 0.3) is 0 Å². The van der Waals surface area contributed by atoms with Gasteiger partial charge in [-0.05, 0) is 115 Å². The Labute approximate surface area is 438 Å². The van der Waals surface area contributed by atoms with Gasteiger partial charge in [-0.15, -0.1) is 0 Å². The number of aliphatic hydroxyl groups excluding tert-OH is 2. The SMILES string of the molecule is CC(C)(C)OC(=O)N(CCOCCBr)C(=O)OC(C)(C)C.CCCOCCN(C(=O)OC(C)(C)C)C(=O)OC(C)(C)C.CCCOCCOS(=O)(=O)c1ccc(C)cc1.OCCOCCO.[Br-].[Li+]. The molecule has 1 aromatic carbocycles. The predicted octanol–water partition coefficient (Wildman–Crippen LogP) is 2.28. The molecule has 0 atom stereocenters. The molecule has 23 heteroatoms. The van der Waals surface area contributed by atoms with E-state index in [2.05, 4.69) is 20.7 Å². The predicted molar refractivity (Wildman–Crippen MR) is 254 cm³/mol. The van der Waals surface area contributed by atoms with E-state index in [1.807, 2.05) is 20.8 Å². The minimum Gasteiger partial charge on any atom is -1.00 e. The Hall–Kier alpha value is -2.07. The van der Waals surface area contributed by atoms with Gasteiger partial charge in [-0.25, -0.2) is 29.0 Å². The third-order valence-corrected chi connectivity index (χ3v) is 8.19. The van der Waals surface area contributed by atoms with Crippen LogP contribution in [0, 0.1) is 6.92 Å². The molecule has 1 aromatic rings. The minimum atomic E-state index is -3.64. The summed E-state index contributed by atoms with van der Waals surface area (Å²) in [6, 6.07) is 6.56. The summed E-state index contributed by atoms with van der Waals surface area (Å²) in [5.74, 6) is 0. The molecule has 2 N–H and O–H groups in total. The van der Waals surface area contributed by atoms with Gasteiger partial charge in [0.1, 0.15) is 22.4 Å². The van der Waals surface area contributed by atoms with E-state index in [1.54, 1.807) is 95.2 Å². The first kappa shape index (κ1) is 74.9. The number of hydrogen-bond donors (Lipinski definition) is 2. The van der Waals surface area contributed by atoms with Crippen LogP contribution in [0.2, 0.25) is 0 Å². The number of carbonyl (C=O) groups is 4. The number of carbonyl (C=O) groups excluding carboxylic acids is 4. The number of aryl methyl sites for hydroxylation is 1. The molecule has 0 saturated carbocycles. The summed E-state index contributed by atoms with van der Waals surface area (Å²) in [6.45, 7) is 30.1. The zero-order chi connectivity index (χ0) is 51.6. The molecule has 0 bridgehead atoms. The molecule has 0 heterocycles. The average Bonchev–Trinajstić information content (AvgIpc) is 3.16. The number of nitrogens with zero attached hydrogens (tertiary/aromatic N) is 2. The van der Waals surface area contributed by atoms with E-state index < -0.39 is 56.9 Å². The molecule has 19 nitrogen and oxygen atoms in total.